The number of hydrogen-bond donors (Lipinski definition) is 2. The number of hydrogen-bond acceptors (Lipinski definition) is 3. The average Bonchev–Trinajstić information content (AvgIpc) is 2.33. The fourth-order valence-corrected chi connectivity index (χ4v) is 1.61. The molecule has 0 saturated heterocycles. The Morgan fingerprint density at radius 3 is 2.67 bits per heavy atom. The van der Waals surface area contributed by atoms with Gasteiger partial charge in [0.1, 0.15) is 0 Å². The van der Waals surface area contributed by atoms with Gasteiger partial charge in [-0.15, -0.1) is 0 Å². The fraction of sp³-hybridized carbons (Fsp3) is 0.500. The molecule has 0 fully saturated rings. The number of ether oxygens (including phenoxy) is 1. The van der Waals surface area contributed by atoms with Gasteiger partial charge in [-0.3, -0.25) is 0 Å². The summed E-state index contributed by atoms with van der Waals surface area (Å²) in [5.41, 5.74) is -0.202. The lowest BCUT2D eigenvalue weighted by atomic mass is 10.0. The first-order valence-corrected chi connectivity index (χ1v) is 5.49. The molecule has 0 aromatic heterocycles. The summed E-state index contributed by atoms with van der Waals surface area (Å²) in [4.78, 5) is 0. The summed E-state index contributed by atoms with van der Waals surface area (Å²) in [6, 6.07) is 4.71. The molecule has 102 valence electrons. The van der Waals surface area contributed by atoms with Crippen molar-refractivity contribution in [3.8, 4) is 0 Å². The molecule has 3 nitrogen and oxygen atoms in total. The summed E-state index contributed by atoms with van der Waals surface area (Å²) >= 11 is 0. The van der Waals surface area contributed by atoms with Crippen LogP contribution < -0.4 is 5.32 Å². The molecule has 0 bridgehead atoms. The van der Waals surface area contributed by atoms with Crippen LogP contribution in [0.1, 0.15) is 17.2 Å². The van der Waals surface area contributed by atoms with Crippen molar-refractivity contribution in [3.63, 3.8) is 0 Å². The minimum Gasteiger partial charge on any atom is -0.395 e. The molecule has 6 heteroatoms. The Bertz CT molecular complexity index is 369. The van der Waals surface area contributed by atoms with Gasteiger partial charge in [0.15, 0.2) is 0 Å². The molecule has 2 N–H and O–H groups in total. The lowest BCUT2D eigenvalue weighted by molar-refractivity contribution is -0.137. The second kappa shape index (κ2) is 6.72. The maximum Gasteiger partial charge on any atom is 0.416 e. The monoisotopic (exact) mass is 263 g/mol. The Hall–Kier alpha value is -1.11. The smallest absolute Gasteiger partial charge is 0.395 e. The predicted molar refractivity (Wildman–Crippen MR) is 61.1 cm³/mol. The van der Waals surface area contributed by atoms with E-state index in [1.807, 2.05) is 0 Å². The number of alkyl halides is 3. The van der Waals surface area contributed by atoms with Crippen molar-refractivity contribution in [2.75, 3.05) is 26.9 Å². The van der Waals surface area contributed by atoms with Gasteiger partial charge in [0.2, 0.25) is 0 Å². The minimum atomic E-state index is -4.36. The lowest BCUT2D eigenvalue weighted by Crippen LogP contribution is -2.28. The summed E-state index contributed by atoms with van der Waals surface area (Å²) < 4.78 is 42.7. The standard InChI is InChI=1S/C12H16F3NO2/c1-18-8-11(16-5-6-17)9-3-2-4-10(7-9)12(13,14)15/h2-4,7,11,16-17H,5-6,8H2,1H3. The molecular formula is C12H16F3NO2. The number of nitrogens with one attached hydrogen (secondary N) is 1. The van der Waals surface area contributed by atoms with E-state index in [0.29, 0.717) is 12.1 Å². The summed E-state index contributed by atoms with van der Waals surface area (Å²) in [6.45, 7) is 0.449. The maximum absolute atomic E-state index is 12.6. The zero-order valence-electron chi connectivity index (χ0n) is 10.00. The Morgan fingerprint density at radius 1 is 1.39 bits per heavy atom. The molecule has 0 spiro atoms. The van der Waals surface area contributed by atoms with Crippen LogP contribution in [0.25, 0.3) is 0 Å². The van der Waals surface area contributed by atoms with Gasteiger partial charge in [-0.1, -0.05) is 12.1 Å². The van der Waals surface area contributed by atoms with Crippen LogP contribution in [0.5, 0.6) is 0 Å². The molecule has 0 aliphatic heterocycles. The van der Waals surface area contributed by atoms with E-state index in [1.54, 1.807) is 6.07 Å². The Kier molecular flexibility index (Phi) is 5.58. The third kappa shape index (κ3) is 4.29. The van der Waals surface area contributed by atoms with Gasteiger partial charge in [0, 0.05) is 13.7 Å². The van der Waals surface area contributed by atoms with Gasteiger partial charge in [-0.25, -0.2) is 0 Å². The van der Waals surface area contributed by atoms with Crippen molar-refractivity contribution < 1.29 is 23.0 Å². The summed E-state index contributed by atoms with van der Waals surface area (Å²) in [5, 5.41) is 11.7. The van der Waals surface area contributed by atoms with Crippen molar-refractivity contribution in [2.24, 2.45) is 0 Å². The van der Waals surface area contributed by atoms with E-state index >= 15 is 0 Å². The van der Waals surface area contributed by atoms with Crippen LogP contribution in [-0.4, -0.2) is 32.0 Å². The van der Waals surface area contributed by atoms with E-state index in [-0.39, 0.29) is 19.3 Å². The molecule has 1 rings (SSSR count). The van der Waals surface area contributed by atoms with Gasteiger partial charge in [-0.05, 0) is 17.7 Å². The van der Waals surface area contributed by atoms with E-state index in [9.17, 15) is 13.2 Å². The van der Waals surface area contributed by atoms with E-state index in [1.165, 1.54) is 13.2 Å². The Balaban J connectivity index is 2.90. The number of methoxy groups -OCH3 is 1. The normalized spacial score (nSPS) is 13.6. The van der Waals surface area contributed by atoms with Crippen molar-refractivity contribution in [3.05, 3.63) is 35.4 Å². The molecule has 0 radical (unpaired) electrons. The third-order valence-electron chi connectivity index (χ3n) is 2.45. The molecule has 1 aromatic carbocycles. The van der Waals surface area contributed by atoms with E-state index in [0.717, 1.165) is 12.1 Å². The molecule has 0 amide bonds. The molecule has 0 heterocycles. The highest BCUT2D eigenvalue weighted by Gasteiger charge is 2.30. The van der Waals surface area contributed by atoms with E-state index in [2.05, 4.69) is 5.32 Å². The molecule has 1 unspecified atom stereocenters. The van der Waals surface area contributed by atoms with Gasteiger partial charge >= 0.3 is 6.18 Å². The van der Waals surface area contributed by atoms with E-state index in [4.69, 9.17) is 9.84 Å². The van der Waals surface area contributed by atoms with Crippen LogP contribution >= 0.6 is 0 Å². The Labute approximate surface area is 104 Å². The predicted octanol–water partition coefficient (Wildman–Crippen LogP) is 1.97. The highest BCUT2D eigenvalue weighted by molar-refractivity contribution is 5.28. The van der Waals surface area contributed by atoms with Gasteiger partial charge in [0.05, 0.1) is 24.8 Å². The molecule has 18 heavy (non-hydrogen) atoms. The van der Waals surface area contributed by atoms with Crippen molar-refractivity contribution in [2.45, 2.75) is 12.2 Å². The molecule has 0 aliphatic rings. The van der Waals surface area contributed by atoms with Gasteiger partial charge in [-0.2, -0.15) is 13.2 Å². The number of aliphatic hydroxyl groups excluding tert-OH is 1. The summed E-state index contributed by atoms with van der Waals surface area (Å²) in [5.74, 6) is 0. The van der Waals surface area contributed by atoms with Crippen LogP contribution in [0.15, 0.2) is 24.3 Å². The minimum absolute atomic E-state index is 0.0842. The first-order valence-electron chi connectivity index (χ1n) is 5.49. The second-order valence-electron chi connectivity index (χ2n) is 3.81. The third-order valence-corrected chi connectivity index (χ3v) is 2.45. The number of benzene rings is 1. The molecular weight excluding hydrogens is 247 g/mol. The first-order chi connectivity index (χ1) is 8.49. The quantitative estimate of drug-likeness (QED) is 0.824. The molecule has 1 aromatic rings. The maximum atomic E-state index is 12.6. The van der Waals surface area contributed by atoms with Crippen LogP contribution in [0.2, 0.25) is 0 Å². The van der Waals surface area contributed by atoms with Crippen LogP contribution in [0.3, 0.4) is 0 Å². The second-order valence-corrected chi connectivity index (χ2v) is 3.81. The van der Waals surface area contributed by atoms with Crippen LogP contribution in [-0.2, 0) is 10.9 Å². The number of halogens is 3. The fourth-order valence-electron chi connectivity index (χ4n) is 1.61. The highest BCUT2D eigenvalue weighted by atomic mass is 19.4. The van der Waals surface area contributed by atoms with Gasteiger partial charge in [0.25, 0.3) is 0 Å². The van der Waals surface area contributed by atoms with Gasteiger partial charge < -0.3 is 15.2 Å². The van der Waals surface area contributed by atoms with Crippen molar-refractivity contribution in [1.82, 2.24) is 5.32 Å². The molecule has 0 saturated carbocycles. The number of aliphatic hydroxyl groups is 1. The average molecular weight is 263 g/mol. The topological polar surface area (TPSA) is 41.5 Å². The molecule has 1 atom stereocenters. The van der Waals surface area contributed by atoms with Crippen LogP contribution in [0.4, 0.5) is 13.2 Å². The summed E-state index contributed by atoms with van der Waals surface area (Å²) in [6.07, 6.45) is -4.36. The van der Waals surface area contributed by atoms with Crippen molar-refractivity contribution >= 4 is 0 Å². The molecule has 0 aliphatic carbocycles. The number of rotatable bonds is 6. The zero-order valence-corrected chi connectivity index (χ0v) is 10.00. The van der Waals surface area contributed by atoms with Crippen molar-refractivity contribution in [1.29, 1.82) is 0 Å². The van der Waals surface area contributed by atoms with E-state index < -0.39 is 11.7 Å². The SMILES string of the molecule is COCC(NCCO)c1cccc(C(F)(F)F)c1. The zero-order chi connectivity index (χ0) is 13.6. The summed E-state index contributed by atoms with van der Waals surface area (Å²) in [7, 11) is 1.47. The highest BCUT2D eigenvalue weighted by Crippen LogP contribution is 2.30. The Morgan fingerprint density at radius 2 is 2.11 bits per heavy atom. The van der Waals surface area contributed by atoms with Crippen LogP contribution in [0, 0.1) is 0 Å². The first kappa shape index (κ1) is 14.9. The lowest BCUT2D eigenvalue weighted by Gasteiger charge is -2.19. The largest absolute Gasteiger partial charge is 0.416 e.